The van der Waals surface area contributed by atoms with Gasteiger partial charge in [0, 0.05) is 68.1 Å². The molecule has 1 amide bonds. The van der Waals surface area contributed by atoms with Gasteiger partial charge in [0.1, 0.15) is 35.9 Å². The minimum absolute atomic E-state index is 0.00196. The fraction of sp³-hybridized carbons (Fsp3) is 0.776. The first kappa shape index (κ1) is 70.7. The van der Waals surface area contributed by atoms with Gasteiger partial charge in [0.15, 0.2) is 43.2 Å². The number of carbonyl (C=O) groups is 5. The number of nitrogens with one attached hydrogen (secondary N) is 1. The lowest BCUT2D eigenvalue weighted by Gasteiger charge is -2.56. The lowest BCUT2D eigenvalue weighted by atomic mass is 9.49. The molecule has 0 aromatic rings. The number of carbonyl (C=O) groups excluding carboxylic acids is 5. The van der Waals surface area contributed by atoms with Crippen molar-refractivity contribution in [3.8, 4) is 0 Å². The molecule has 0 aromatic heterocycles. The summed E-state index contributed by atoms with van der Waals surface area (Å²) in [6, 6.07) is -1.12. The third kappa shape index (κ3) is 14.0. The van der Waals surface area contributed by atoms with Crippen molar-refractivity contribution >= 4 is 30.1 Å². The fourth-order valence-corrected chi connectivity index (χ4v) is 16.9. The molecule has 10 rings (SSSR count). The Hall–Kier alpha value is -5.07. The van der Waals surface area contributed by atoms with Crippen LogP contribution in [0, 0.1) is 51.0 Å². The number of methoxy groups -OCH3 is 1. The summed E-state index contributed by atoms with van der Waals surface area (Å²) in [6.45, 7) is 21.0. The van der Waals surface area contributed by atoms with Gasteiger partial charge in [0.05, 0.1) is 86.6 Å². The molecule has 6 aliphatic heterocycles. The van der Waals surface area contributed by atoms with Crippen LogP contribution in [0.3, 0.4) is 0 Å². The molecular formula is C67H96N2O24. The molecule has 2 bridgehead atoms. The third-order valence-electron chi connectivity index (χ3n) is 21.7. The zero-order valence-electron chi connectivity index (χ0n) is 55.4. The minimum atomic E-state index is -2.20. The van der Waals surface area contributed by atoms with Crippen molar-refractivity contribution in [2.24, 2.45) is 40.9 Å². The monoisotopic (exact) mass is 1310 g/mol. The molecule has 29 unspecified atom stereocenters. The zero-order valence-corrected chi connectivity index (χ0v) is 55.4. The second-order valence-electron chi connectivity index (χ2n) is 28.2. The Morgan fingerprint density at radius 2 is 1.35 bits per heavy atom. The number of hydrogen-bond donors (Lipinski definition) is 5. The first-order chi connectivity index (χ1) is 43.9. The summed E-state index contributed by atoms with van der Waals surface area (Å²) in [5.74, 6) is -6.46. The molecule has 93 heavy (non-hydrogen) atoms. The Balaban J connectivity index is 0.904. The Labute approximate surface area is 542 Å². The molecule has 518 valence electrons. The summed E-state index contributed by atoms with van der Waals surface area (Å²) in [5.41, 5.74) is -4.91. The highest BCUT2D eigenvalue weighted by Crippen LogP contribution is 2.61. The number of esters is 2. The van der Waals surface area contributed by atoms with Crippen LogP contribution in [-0.4, -0.2) is 197 Å². The number of aliphatic hydroxyl groups excluding tert-OH is 4. The number of aliphatic hydroxyl groups is 4. The van der Waals surface area contributed by atoms with E-state index >= 15 is 4.79 Å². The highest BCUT2D eigenvalue weighted by atomic mass is 16.8. The van der Waals surface area contributed by atoms with Crippen LogP contribution in [0.1, 0.15) is 147 Å². The summed E-state index contributed by atoms with van der Waals surface area (Å²) in [6.07, 6.45) is -4.21. The second-order valence-corrected chi connectivity index (χ2v) is 28.2. The average Bonchev–Trinajstić information content (AvgIpc) is 1.68. The van der Waals surface area contributed by atoms with E-state index in [9.17, 15) is 49.7 Å². The molecule has 26 heteroatoms. The van der Waals surface area contributed by atoms with Crippen LogP contribution in [0.2, 0.25) is 0 Å². The molecule has 5 N–H and O–H groups in total. The number of fused-ring (bicyclic) bond motifs is 4. The maximum Gasteiger partial charge on any atom is 0.407 e. The van der Waals surface area contributed by atoms with Gasteiger partial charge >= 0.3 is 18.0 Å². The van der Waals surface area contributed by atoms with E-state index in [1.165, 1.54) is 19.9 Å². The normalized spacial score (nSPS) is 47.0. The SMILES string of the molecule is COC(=O)NC1C(C)OC(OC2CC=C(C)C3C=CC4C(OC5CC(OC6CCC(OC7CC(O)C(OC8CCC(O)C(C)O8)C(C)O7)C(C)O6)C(OC(C)=O)C(C)O5)C(C)CC(C)C4C3(C)/C(O)=C3\C(=O)OC4(CC(C=O)=CC(O)C4C=C2C)C3=O)CC1(C)[N+](=O)[O-]. The van der Waals surface area contributed by atoms with E-state index in [1.54, 1.807) is 33.8 Å². The molecule has 0 aromatic carbocycles. The highest BCUT2D eigenvalue weighted by molar-refractivity contribution is 6.26. The van der Waals surface area contributed by atoms with Crippen LogP contribution in [0.25, 0.3) is 0 Å². The number of rotatable bonds is 14. The van der Waals surface area contributed by atoms with Gasteiger partial charge in [-0.3, -0.25) is 24.5 Å². The number of Topliss-reactive ketones (excluding diaryl/α,β-unsaturated/α-hetero) is 1. The van der Waals surface area contributed by atoms with Crippen molar-refractivity contribution in [1.29, 1.82) is 0 Å². The summed E-state index contributed by atoms with van der Waals surface area (Å²) in [4.78, 5) is 80.4. The number of allylic oxidation sites excluding steroid dienone is 3. The molecule has 1 spiro atoms. The highest BCUT2D eigenvalue weighted by Gasteiger charge is 2.65. The fourth-order valence-electron chi connectivity index (χ4n) is 16.9. The number of amides is 1. The summed E-state index contributed by atoms with van der Waals surface area (Å²) < 4.78 is 81.5. The van der Waals surface area contributed by atoms with Crippen LogP contribution in [0.5, 0.6) is 0 Å². The van der Waals surface area contributed by atoms with Gasteiger partial charge in [-0.15, -0.1) is 0 Å². The van der Waals surface area contributed by atoms with E-state index < -0.39 is 210 Å². The average molecular weight is 1310 g/mol. The van der Waals surface area contributed by atoms with Crippen LogP contribution >= 0.6 is 0 Å². The van der Waals surface area contributed by atoms with Gasteiger partial charge in [0.25, 0.3) is 0 Å². The van der Waals surface area contributed by atoms with Gasteiger partial charge < -0.3 is 87.3 Å². The maximum absolute atomic E-state index is 15.6. The van der Waals surface area contributed by atoms with E-state index in [-0.39, 0.29) is 43.1 Å². The first-order valence-corrected chi connectivity index (χ1v) is 33.1. The van der Waals surface area contributed by atoms with E-state index in [4.69, 9.17) is 61.6 Å². The van der Waals surface area contributed by atoms with Gasteiger partial charge in [-0.25, -0.2) is 9.59 Å². The smallest absolute Gasteiger partial charge is 0.407 e. The number of aldehydes is 1. The Bertz CT molecular complexity index is 2960. The number of hydrogen-bond acceptors (Lipinski definition) is 24. The Morgan fingerprint density at radius 1 is 0.720 bits per heavy atom. The van der Waals surface area contributed by atoms with E-state index in [0.29, 0.717) is 49.5 Å². The Morgan fingerprint density at radius 3 is 2.01 bits per heavy atom. The lowest BCUT2D eigenvalue weighted by Crippen LogP contribution is -2.65. The van der Waals surface area contributed by atoms with Gasteiger partial charge in [-0.2, -0.15) is 0 Å². The third-order valence-corrected chi connectivity index (χ3v) is 21.7. The number of alkyl carbamates (subject to hydrolysis) is 1. The summed E-state index contributed by atoms with van der Waals surface area (Å²) in [5, 5.41) is 62.0. The van der Waals surface area contributed by atoms with Crippen molar-refractivity contribution in [3.63, 3.8) is 0 Å². The van der Waals surface area contributed by atoms with Crippen molar-refractivity contribution in [3.05, 3.63) is 68.5 Å². The molecule has 0 radical (unpaired) electrons. The molecule has 10 aliphatic rings. The molecule has 29 atom stereocenters. The van der Waals surface area contributed by atoms with Crippen LogP contribution < -0.4 is 5.32 Å². The quantitative estimate of drug-likeness (QED) is 0.0240. The molecule has 6 saturated heterocycles. The predicted octanol–water partition coefficient (Wildman–Crippen LogP) is 6.36. The van der Waals surface area contributed by atoms with Crippen molar-refractivity contribution in [1.82, 2.24) is 5.32 Å². The molecule has 6 heterocycles. The summed E-state index contributed by atoms with van der Waals surface area (Å²) >= 11 is 0. The maximum atomic E-state index is 15.6. The molecule has 7 fully saturated rings. The molecule has 4 aliphatic carbocycles. The number of nitrogens with zero attached hydrogens (tertiary/aromatic N) is 1. The predicted molar refractivity (Wildman–Crippen MR) is 325 cm³/mol. The van der Waals surface area contributed by atoms with Crippen molar-refractivity contribution in [2.75, 3.05) is 7.11 Å². The summed E-state index contributed by atoms with van der Waals surface area (Å²) in [7, 11) is 1.15. The molecule has 26 nitrogen and oxygen atoms in total. The van der Waals surface area contributed by atoms with Crippen LogP contribution in [0.4, 0.5) is 4.79 Å². The van der Waals surface area contributed by atoms with Gasteiger partial charge in [-0.05, 0) is 109 Å². The van der Waals surface area contributed by atoms with E-state index in [1.807, 2.05) is 39.8 Å². The zero-order chi connectivity index (χ0) is 67.5. The number of ether oxygens (including phenoxy) is 13. The second kappa shape index (κ2) is 28.2. The topological polar surface area (TPSA) is 341 Å². The molecular weight excluding hydrogens is 1220 g/mol. The minimum Gasteiger partial charge on any atom is -0.511 e. The van der Waals surface area contributed by atoms with Crippen LogP contribution in [0.15, 0.2) is 58.4 Å². The first-order valence-electron chi connectivity index (χ1n) is 33.1. The van der Waals surface area contributed by atoms with E-state index in [2.05, 4.69) is 25.2 Å². The van der Waals surface area contributed by atoms with Crippen molar-refractivity contribution in [2.45, 2.75) is 281 Å². The number of nitro groups is 1. The van der Waals surface area contributed by atoms with Gasteiger partial charge in [-0.1, -0.05) is 50.6 Å². The van der Waals surface area contributed by atoms with Crippen LogP contribution in [-0.2, 0) is 80.8 Å². The lowest BCUT2D eigenvalue weighted by molar-refractivity contribution is -0.584. The molecule has 1 saturated carbocycles. The van der Waals surface area contributed by atoms with Crippen molar-refractivity contribution < 1.29 is 111 Å². The van der Waals surface area contributed by atoms with Gasteiger partial charge in [0.2, 0.25) is 11.3 Å². The van der Waals surface area contributed by atoms with E-state index in [0.717, 1.165) is 7.11 Å². The standard InChI is InChI=1S/C67H96N2O24/c1-30-14-18-47(88-54-28-65(11,69(79)80)60(38(9)86-54)68-64(78)81-13)31(2)23-43-45(73)24-40(29-70)27-67(43)62(76)55(63(77)93-67)61(75)66(12)42(30)16-15-41-56(66)32(3)22-33(4)57(41)92-53-26-49(59(37(8)85-53)87-39(10)71)90-50-21-19-48(35(6)83-50)89-52-25-46(74)58(36(7)84-52)91-51-20-17-44(72)34(5)82-51/h14-16,23-24,29,32-38,41-54,56-60,72-75H,17-22,25-28H2,1-13H3,(H,68,78)/b30-14?,31-23?,61-55+. The Kier molecular flexibility index (Phi) is 21.4. The number of ketones is 1. The largest absolute Gasteiger partial charge is 0.511 e.